The van der Waals surface area contributed by atoms with E-state index < -0.39 is 45.9 Å². The van der Waals surface area contributed by atoms with Gasteiger partial charge in [-0.15, -0.1) is 0 Å². The summed E-state index contributed by atoms with van der Waals surface area (Å²) >= 11 is 0. The molecule has 0 radical (unpaired) electrons. The van der Waals surface area contributed by atoms with Gasteiger partial charge in [0.25, 0.3) is 0 Å². The molecule has 254 valence electrons. The first-order valence-electron chi connectivity index (χ1n) is 15.3. The number of hydrogen-bond acceptors (Lipinski definition) is 7. The lowest BCUT2D eigenvalue weighted by molar-refractivity contribution is -0.142. The highest BCUT2D eigenvalue weighted by molar-refractivity contribution is 7.89. The number of fused-ring (bicyclic) bond motifs is 1. The summed E-state index contributed by atoms with van der Waals surface area (Å²) in [4.78, 5) is 44.9. The first-order chi connectivity index (χ1) is 22.2. The number of guanidine groups is 1. The third-order valence-electron chi connectivity index (χ3n) is 7.43. The van der Waals surface area contributed by atoms with Crippen LogP contribution in [-0.2, 0) is 30.8 Å². The molecule has 14 heteroatoms. The molecule has 0 aliphatic heterocycles. The number of aliphatic carboxylic acids is 1. The Morgan fingerprint density at radius 1 is 0.851 bits per heavy atom. The van der Waals surface area contributed by atoms with Gasteiger partial charge in [-0.2, -0.15) is 4.72 Å². The fraction of sp³-hybridized carbons (Fsp3) is 0.394. The Balaban J connectivity index is 1.91. The molecule has 3 rings (SSSR count). The average Bonchev–Trinajstić information content (AvgIpc) is 3.00. The summed E-state index contributed by atoms with van der Waals surface area (Å²) < 4.78 is 30.5. The van der Waals surface area contributed by atoms with Crippen LogP contribution < -0.4 is 31.7 Å². The molecule has 13 nitrogen and oxygen atoms in total. The van der Waals surface area contributed by atoms with Crippen LogP contribution in [0.4, 0.5) is 5.69 Å². The second-order valence-corrected chi connectivity index (χ2v) is 13.6. The number of amides is 2. The zero-order chi connectivity index (χ0) is 34.7. The number of carboxylic acid groups (broad SMARTS) is 1. The maximum atomic E-state index is 13.9. The highest BCUT2D eigenvalue weighted by Gasteiger charge is 2.32. The first-order valence-corrected chi connectivity index (χ1v) is 16.8. The second-order valence-electron chi connectivity index (χ2n) is 11.9. The van der Waals surface area contributed by atoms with Crippen molar-refractivity contribution in [1.29, 1.82) is 0 Å². The van der Waals surface area contributed by atoms with Gasteiger partial charge in [-0.25, -0.2) is 13.2 Å². The van der Waals surface area contributed by atoms with Crippen molar-refractivity contribution in [2.75, 3.05) is 25.5 Å². The van der Waals surface area contributed by atoms with Gasteiger partial charge in [-0.3, -0.25) is 14.6 Å². The summed E-state index contributed by atoms with van der Waals surface area (Å²) in [7, 11) is -0.529. The number of carboxylic acids is 1. The predicted molar refractivity (Wildman–Crippen MR) is 183 cm³/mol. The molecule has 0 fully saturated rings. The summed E-state index contributed by atoms with van der Waals surface area (Å²) in [6.45, 7) is 3.88. The van der Waals surface area contributed by atoms with E-state index in [0.717, 1.165) is 11.1 Å². The number of nitrogens with two attached hydrogens (primary N) is 2. The highest BCUT2D eigenvalue weighted by atomic mass is 32.2. The third kappa shape index (κ3) is 10.7. The van der Waals surface area contributed by atoms with Gasteiger partial charge >= 0.3 is 5.97 Å². The van der Waals surface area contributed by atoms with Gasteiger partial charge in [0.1, 0.15) is 18.1 Å². The van der Waals surface area contributed by atoms with E-state index in [9.17, 15) is 27.9 Å². The smallest absolute Gasteiger partial charge is 0.326 e. The van der Waals surface area contributed by atoms with Crippen molar-refractivity contribution in [3.05, 3.63) is 72.3 Å². The molecule has 0 saturated carbocycles. The molecule has 0 aromatic heterocycles. The van der Waals surface area contributed by atoms with Crippen molar-refractivity contribution in [2.45, 2.75) is 62.6 Å². The first kappa shape index (κ1) is 36.8. The van der Waals surface area contributed by atoms with E-state index >= 15 is 0 Å². The van der Waals surface area contributed by atoms with Crippen LogP contribution in [0.1, 0.15) is 38.7 Å². The van der Waals surface area contributed by atoms with Gasteiger partial charge in [0.15, 0.2) is 5.96 Å². The lowest BCUT2D eigenvalue weighted by Crippen LogP contribution is -2.56. The van der Waals surface area contributed by atoms with E-state index in [4.69, 9.17) is 11.5 Å². The molecule has 47 heavy (non-hydrogen) atoms. The molecule has 2 amide bonds. The highest BCUT2D eigenvalue weighted by Crippen LogP contribution is 2.30. The maximum absolute atomic E-state index is 13.9. The van der Waals surface area contributed by atoms with Gasteiger partial charge in [0.2, 0.25) is 21.8 Å². The summed E-state index contributed by atoms with van der Waals surface area (Å²) in [6, 6.07) is 15.6. The lowest BCUT2D eigenvalue weighted by atomic mass is 10.0. The van der Waals surface area contributed by atoms with Gasteiger partial charge in [0, 0.05) is 37.1 Å². The van der Waals surface area contributed by atoms with E-state index in [1.807, 2.05) is 45.0 Å². The molecule has 0 aliphatic rings. The predicted octanol–water partition coefficient (Wildman–Crippen LogP) is 1.95. The number of aliphatic imine (C=N–C) groups is 1. The normalized spacial score (nSPS) is 13.4. The van der Waals surface area contributed by atoms with Crippen LogP contribution in [0.3, 0.4) is 0 Å². The number of carbonyl (C=O) groups is 3. The Kier molecular flexibility index (Phi) is 13.1. The Morgan fingerprint density at radius 2 is 1.47 bits per heavy atom. The number of rotatable bonds is 17. The standard InChI is InChI=1S/C33H45N7O6S/c1-21(2)19-26(30(41)37-25(32(43)44)15-10-18-36-33(34)35)38-31(42)27(20-22-11-6-5-7-12-22)39-47(45,46)29-17-9-13-23-24(29)14-8-16-28(23)40(3)4/h5-9,11-14,16-17,21,25-27,39H,10,15,18-20H2,1-4H3,(H,37,41)(H,38,42)(H,43,44)(H4,34,35,36)/t25-,26-,27-/m1/s1. The van der Waals surface area contributed by atoms with Crippen molar-refractivity contribution < 1.29 is 27.9 Å². The number of carbonyl (C=O) groups excluding carboxylic acids is 2. The van der Waals surface area contributed by atoms with Crippen LogP contribution in [0.15, 0.2) is 76.6 Å². The molecule has 0 saturated heterocycles. The van der Waals surface area contributed by atoms with Crippen LogP contribution in [0.2, 0.25) is 0 Å². The van der Waals surface area contributed by atoms with E-state index in [1.165, 1.54) is 6.07 Å². The molecular weight excluding hydrogens is 622 g/mol. The average molecular weight is 668 g/mol. The van der Waals surface area contributed by atoms with Gasteiger partial charge in [-0.05, 0) is 49.3 Å². The monoisotopic (exact) mass is 667 g/mol. The second kappa shape index (κ2) is 16.7. The van der Waals surface area contributed by atoms with Crippen molar-refractivity contribution in [3.63, 3.8) is 0 Å². The topological polar surface area (TPSA) is 209 Å². The molecule has 3 atom stereocenters. The lowest BCUT2D eigenvalue weighted by Gasteiger charge is -2.26. The molecule has 8 N–H and O–H groups in total. The van der Waals surface area contributed by atoms with E-state index in [-0.39, 0.29) is 42.6 Å². The molecular formula is C33H45N7O6S. The van der Waals surface area contributed by atoms with Crippen LogP contribution in [0, 0.1) is 5.92 Å². The number of benzene rings is 3. The van der Waals surface area contributed by atoms with E-state index in [2.05, 4.69) is 20.3 Å². The molecule has 0 heterocycles. The minimum Gasteiger partial charge on any atom is -0.480 e. The summed E-state index contributed by atoms with van der Waals surface area (Å²) in [5.74, 6) is -2.87. The quantitative estimate of drug-likeness (QED) is 0.0705. The summed E-state index contributed by atoms with van der Waals surface area (Å²) in [5.41, 5.74) is 12.2. The Morgan fingerprint density at radius 3 is 2.09 bits per heavy atom. The van der Waals surface area contributed by atoms with Crippen molar-refractivity contribution >= 4 is 50.2 Å². The van der Waals surface area contributed by atoms with E-state index in [1.54, 1.807) is 48.5 Å². The zero-order valence-electron chi connectivity index (χ0n) is 27.1. The van der Waals surface area contributed by atoms with Crippen LogP contribution in [0.25, 0.3) is 10.8 Å². The molecule has 0 spiro atoms. The summed E-state index contributed by atoms with van der Waals surface area (Å²) in [5, 5.41) is 16.1. The van der Waals surface area contributed by atoms with Crippen molar-refractivity contribution in [3.8, 4) is 0 Å². The van der Waals surface area contributed by atoms with Crippen LogP contribution in [-0.4, -0.2) is 76.0 Å². The molecule has 3 aromatic rings. The molecule has 0 aliphatic carbocycles. The molecule has 3 aromatic carbocycles. The Labute approximate surface area is 275 Å². The van der Waals surface area contributed by atoms with Gasteiger partial charge in [0.05, 0.1) is 4.90 Å². The van der Waals surface area contributed by atoms with Crippen LogP contribution in [0.5, 0.6) is 0 Å². The fourth-order valence-electron chi connectivity index (χ4n) is 5.19. The molecule has 0 unspecified atom stereocenters. The number of hydrogen-bond donors (Lipinski definition) is 6. The fourth-order valence-corrected chi connectivity index (χ4v) is 6.60. The number of nitrogens with one attached hydrogen (secondary N) is 3. The third-order valence-corrected chi connectivity index (χ3v) is 8.96. The Bertz CT molecular complexity index is 1680. The van der Waals surface area contributed by atoms with Gasteiger partial charge in [-0.1, -0.05) is 68.4 Å². The van der Waals surface area contributed by atoms with Gasteiger partial charge < -0.3 is 32.1 Å². The Hall–Kier alpha value is -4.69. The molecule has 0 bridgehead atoms. The SMILES string of the molecule is CC(C)C[C@@H](NC(=O)[C@@H](Cc1ccccc1)NS(=O)(=O)c1cccc2c(N(C)C)cccc12)C(=O)N[C@H](CCCN=C(N)N)C(=O)O. The van der Waals surface area contributed by atoms with Crippen LogP contribution >= 0.6 is 0 Å². The van der Waals surface area contributed by atoms with E-state index in [0.29, 0.717) is 17.4 Å². The largest absolute Gasteiger partial charge is 0.480 e. The number of anilines is 1. The maximum Gasteiger partial charge on any atom is 0.326 e. The van der Waals surface area contributed by atoms with Crippen molar-refractivity contribution in [1.82, 2.24) is 15.4 Å². The number of nitrogens with zero attached hydrogens (tertiary/aromatic N) is 2. The van der Waals surface area contributed by atoms with Crippen molar-refractivity contribution in [2.24, 2.45) is 22.4 Å². The minimum atomic E-state index is -4.26. The zero-order valence-corrected chi connectivity index (χ0v) is 28.0. The minimum absolute atomic E-state index is 0.00181. The summed E-state index contributed by atoms with van der Waals surface area (Å²) in [6.07, 6.45) is 0.524. The number of sulfonamides is 1.